The molecule has 0 aliphatic rings. The second-order valence-corrected chi connectivity index (χ2v) is 8.61. The zero-order chi connectivity index (χ0) is 12.2. The van der Waals surface area contributed by atoms with Gasteiger partial charge in [-0.3, -0.25) is 0 Å². The zero-order valence-electron chi connectivity index (χ0n) is 8.74. The van der Waals surface area contributed by atoms with Crippen LogP contribution in [-0.2, 0) is 10.0 Å². The van der Waals surface area contributed by atoms with Crippen LogP contribution in [0.5, 0.6) is 0 Å². The molecule has 0 bridgehead atoms. The Kier molecular flexibility index (Phi) is 5.93. The van der Waals surface area contributed by atoms with Gasteiger partial charge in [-0.15, -0.1) is 11.3 Å². The molecule has 1 aromatic heterocycles. The molecule has 0 aliphatic heterocycles. The molecule has 0 aliphatic carbocycles. The van der Waals surface area contributed by atoms with E-state index in [1.807, 2.05) is 6.92 Å². The SMILES string of the molecule is CC(CCCBr)NS(=O)(=O)c1ccc(Br)s1. The third-order valence-electron chi connectivity index (χ3n) is 1.94. The van der Waals surface area contributed by atoms with Crippen LogP contribution in [0.25, 0.3) is 0 Å². The Labute approximate surface area is 117 Å². The topological polar surface area (TPSA) is 46.2 Å². The van der Waals surface area contributed by atoms with Crippen molar-refractivity contribution in [2.75, 3.05) is 5.33 Å². The highest BCUT2D eigenvalue weighted by atomic mass is 79.9. The van der Waals surface area contributed by atoms with E-state index in [1.165, 1.54) is 11.3 Å². The molecule has 0 amide bonds. The van der Waals surface area contributed by atoms with E-state index in [4.69, 9.17) is 0 Å². The summed E-state index contributed by atoms with van der Waals surface area (Å²) >= 11 is 7.79. The summed E-state index contributed by atoms with van der Waals surface area (Å²) in [6.07, 6.45) is 1.79. The van der Waals surface area contributed by atoms with E-state index in [-0.39, 0.29) is 6.04 Å². The van der Waals surface area contributed by atoms with E-state index in [2.05, 4.69) is 36.6 Å². The normalized spacial score (nSPS) is 13.9. The fourth-order valence-corrected chi connectivity index (χ4v) is 4.84. The average Bonchev–Trinajstić information content (AvgIpc) is 2.62. The van der Waals surface area contributed by atoms with Gasteiger partial charge in [0.1, 0.15) is 4.21 Å². The van der Waals surface area contributed by atoms with Gasteiger partial charge in [-0.05, 0) is 47.8 Å². The second kappa shape index (κ2) is 6.49. The number of alkyl halides is 1. The molecule has 0 radical (unpaired) electrons. The van der Waals surface area contributed by atoms with Crippen molar-refractivity contribution in [3.05, 3.63) is 15.9 Å². The summed E-state index contributed by atoms with van der Waals surface area (Å²) in [6.45, 7) is 1.88. The minimum atomic E-state index is -3.35. The van der Waals surface area contributed by atoms with E-state index in [0.29, 0.717) is 4.21 Å². The second-order valence-electron chi connectivity index (χ2n) is 3.41. The van der Waals surface area contributed by atoms with Crippen LogP contribution in [0.15, 0.2) is 20.1 Å². The Balaban J connectivity index is 2.65. The molecule has 1 N–H and O–H groups in total. The Hall–Kier alpha value is 0.570. The lowest BCUT2D eigenvalue weighted by molar-refractivity contribution is 0.547. The molecule has 0 saturated carbocycles. The van der Waals surface area contributed by atoms with E-state index in [1.54, 1.807) is 12.1 Å². The third-order valence-corrected chi connectivity index (χ3v) is 6.21. The highest BCUT2D eigenvalue weighted by molar-refractivity contribution is 9.11. The molecule has 1 rings (SSSR count). The molecule has 1 unspecified atom stereocenters. The number of hydrogen-bond acceptors (Lipinski definition) is 3. The summed E-state index contributed by atoms with van der Waals surface area (Å²) in [7, 11) is -3.35. The summed E-state index contributed by atoms with van der Waals surface area (Å²) in [5, 5.41) is 0.892. The van der Waals surface area contributed by atoms with E-state index in [0.717, 1.165) is 22.0 Å². The van der Waals surface area contributed by atoms with Crippen molar-refractivity contribution in [2.24, 2.45) is 0 Å². The molecule has 1 atom stereocenters. The van der Waals surface area contributed by atoms with Crippen LogP contribution < -0.4 is 4.72 Å². The molecule has 3 nitrogen and oxygen atoms in total. The first-order chi connectivity index (χ1) is 7.45. The van der Waals surface area contributed by atoms with Gasteiger partial charge < -0.3 is 0 Å². The lowest BCUT2D eigenvalue weighted by Gasteiger charge is -2.12. The van der Waals surface area contributed by atoms with Gasteiger partial charge in [0, 0.05) is 11.4 Å². The predicted molar refractivity (Wildman–Crippen MR) is 74.8 cm³/mol. The largest absolute Gasteiger partial charge is 0.250 e. The van der Waals surface area contributed by atoms with E-state index >= 15 is 0 Å². The Bertz CT molecular complexity index is 430. The minimum Gasteiger partial charge on any atom is -0.208 e. The molecular weight excluding hydrogens is 378 g/mol. The molecule has 0 spiro atoms. The van der Waals surface area contributed by atoms with Crippen molar-refractivity contribution in [1.82, 2.24) is 4.72 Å². The van der Waals surface area contributed by atoms with E-state index in [9.17, 15) is 8.42 Å². The number of thiophene rings is 1. The highest BCUT2D eigenvalue weighted by Gasteiger charge is 2.18. The fraction of sp³-hybridized carbons (Fsp3) is 0.556. The molecule has 1 heterocycles. The van der Waals surface area contributed by atoms with Gasteiger partial charge in [0.2, 0.25) is 10.0 Å². The lowest BCUT2D eigenvalue weighted by Crippen LogP contribution is -2.32. The van der Waals surface area contributed by atoms with Gasteiger partial charge in [0.15, 0.2) is 0 Å². The van der Waals surface area contributed by atoms with Crippen molar-refractivity contribution in [3.63, 3.8) is 0 Å². The first-order valence-corrected chi connectivity index (χ1v) is 9.01. The van der Waals surface area contributed by atoms with Crippen LogP contribution in [0.3, 0.4) is 0 Å². The van der Waals surface area contributed by atoms with Crippen LogP contribution in [0.2, 0.25) is 0 Å². The maximum atomic E-state index is 11.9. The Morgan fingerprint density at radius 2 is 2.19 bits per heavy atom. The van der Waals surface area contributed by atoms with Crippen LogP contribution in [0.4, 0.5) is 0 Å². The molecule has 0 saturated heterocycles. The highest BCUT2D eigenvalue weighted by Crippen LogP contribution is 2.26. The molecule has 0 fully saturated rings. The van der Waals surface area contributed by atoms with Crippen LogP contribution in [-0.4, -0.2) is 19.8 Å². The van der Waals surface area contributed by atoms with Crippen LogP contribution >= 0.6 is 43.2 Å². The van der Waals surface area contributed by atoms with E-state index < -0.39 is 10.0 Å². The number of rotatable bonds is 6. The van der Waals surface area contributed by atoms with Gasteiger partial charge in [-0.25, -0.2) is 13.1 Å². The zero-order valence-corrected chi connectivity index (χ0v) is 13.5. The van der Waals surface area contributed by atoms with Crippen molar-refractivity contribution in [1.29, 1.82) is 0 Å². The Morgan fingerprint density at radius 3 is 2.69 bits per heavy atom. The van der Waals surface area contributed by atoms with Crippen LogP contribution in [0, 0.1) is 0 Å². The first kappa shape index (κ1) is 14.6. The number of halogens is 2. The van der Waals surface area contributed by atoms with Gasteiger partial charge in [0.25, 0.3) is 0 Å². The third kappa shape index (κ3) is 4.44. The van der Waals surface area contributed by atoms with Gasteiger partial charge in [-0.1, -0.05) is 15.9 Å². The maximum Gasteiger partial charge on any atom is 0.250 e. The summed E-state index contributed by atoms with van der Waals surface area (Å²) in [5.74, 6) is 0. The number of sulfonamides is 1. The Morgan fingerprint density at radius 1 is 1.50 bits per heavy atom. The average molecular weight is 391 g/mol. The molecule has 1 aromatic rings. The van der Waals surface area contributed by atoms with Crippen molar-refractivity contribution < 1.29 is 8.42 Å². The fourth-order valence-electron chi connectivity index (χ4n) is 1.21. The van der Waals surface area contributed by atoms with Gasteiger partial charge >= 0.3 is 0 Å². The summed E-state index contributed by atoms with van der Waals surface area (Å²) in [6, 6.07) is 3.31. The quantitative estimate of drug-likeness (QED) is 0.757. The maximum absolute atomic E-state index is 11.9. The predicted octanol–water partition coefficient (Wildman–Crippen LogP) is 3.35. The first-order valence-electron chi connectivity index (χ1n) is 4.79. The summed E-state index contributed by atoms with van der Waals surface area (Å²) in [4.78, 5) is 0. The summed E-state index contributed by atoms with van der Waals surface area (Å²) in [5.41, 5.74) is 0. The number of hydrogen-bond donors (Lipinski definition) is 1. The van der Waals surface area contributed by atoms with Gasteiger partial charge in [0.05, 0.1) is 3.79 Å². The standard InChI is InChI=1S/C9H13Br2NO2S2/c1-7(3-2-6-10)12-16(13,14)9-5-4-8(11)15-9/h4-5,7,12H,2-3,6H2,1H3. The lowest BCUT2D eigenvalue weighted by atomic mass is 10.2. The molecule has 0 aromatic carbocycles. The smallest absolute Gasteiger partial charge is 0.208 e. The van der Waals surface area contributed by atoms with Crippen molar-refractivity contribution in [2.45, 2.75) is 30.0 Å². The number of nitrogens with one attached hydrogen (secondary N) is 1. The minimum absolute atomic E-state index is 0.0385. The molecule has 7 heteroatoms. The molecule has 92 valence electrons. The van der Waals surface area contributed by atoms with Crippen LogP contribution in [0.1, 0.15) is 19.8 Å². The van der Waals surface area contributed by atoms with Crippen molar-refractivity contribution in [3.8, 4) is 0 Å². The molecule has 16 heavy (non-hydrogen) atoms. The monoisotopic (exact) mass is 389 g/mol. The van der Waals surface area contributed by atoms with Crippen molar-refractivity contribution >= 4 is 53.2 Å². The summed E-state index contributed by atoms with van der Waals surface area (Å²) < 4.78 is 27.6. The molecular formula is C9H13Br2NO2S2. The van der Waals surface area contributed by atoms with Gasteiger partial charge in [-0.2, -0.15) is 0 Å².